The van der Waals surface area contributed by atoms with Crippen LogP contribution in [0.4, 0.5) is 5.69 Å². The number of carboxylic acids is 1. The van der Waals surface area contributed by atoms with E-state index in [1.54, 1.807) is 23.1 Å². The Kier molecular flexibility index (Phi) is 2.67. The molecule has 1 N–H and O–H groups in total. The van der Waals surface area contributed by atoms with E-state index in [4.69, 9.17) is 0 Å². The van der Waals surface area contributed by atoms with Gasteiger partial charge < -0.3 is 10.0 Å². The molecule has 1 aliphatic heterocycles. The Labute approximate surface area is 112 Å². The predicted molar refractivity (Wildman–Crippen MR) is 70.8 cm³/mol. The van der Waals surface area contributed by atoms with Crippen LogP contribution in [0, 0.1) is 0 Å². The van der Waals surface area contributed by atoms with E-state index in [1.165, 1.54) is 27.6 Å². The highest BCUT2D eigenvalue weighted by Crippen LogP contribution is 2.23. The van der Waals surface area contributed by atoms with Crippen LogP contribution in [0.25, 0.3) is 0 Å². The molecule has 7 nitrogen and oxygen atoms in total. The van der Waals surface area contributed by atoms with Crippen LogP contribution in [0.5, 0.6) is 0 Å². The lowest BCUT2D eigenvalue weighted by atomic mass is 10.1. The molecule has 3 rings (SSSR count). The fourth-order valence-electron chi connectivity index (χ4n) is 2.30. The molecule has 0 unspecified atom stereocenters. The lowest BCUT2D eigenvalue weighted by Crippen LogP contribution is -2.32. The number of anilines is 1. The third-order valence-electron chi connectivity index (χ3n) is 3.25. The zero-order valence-electron chi connectivity index (χ0n) is 10.4. The molecule has 0 saturated carbocycles. The van der Waals surface area contributed by atoms with E-state index in [9.17, 15) is 19.5 Å². The summed E-state index contributed by atoms with van der Waals surface area (Å²) < 4.78 is 2.59. The van der Waals surface area contributed by atoms with Crippen LogP contribution in [-0.4, -0.2) is 20.4 Å². The molecule has 0 spiro atoms. The van der Waals surface area contributed by atoms with Gasteiger partial charge in [-0.25, -0.2) is 14.2 Å². The minimum absolute atomic E-state index is 0.140. The standard InChI is InChI=1S/C13H11N3O4/c17-11-5-6-12(18)16-8-14(7-15(11)16)10-4-2-1-3-9(10)13(19)20/h1-6H,7-8H2,(H,19,20). The number of nitrogens with zero attached hydrogens (tertiary/aromatic N) is 3. The van der Waals surface area contributed by atoms with Gasteiger partial charge in [-0.05, 0) is 12.1 Å². The fourth-order valence-corrected chi connectivity index (χ4v) is 2.30. The molecule has 2 aromatic rings. The summed E-state index contributed by atoms with van der Waals surface area (Å²) in [5.74, 6) is -1.05. The maximum atomic E-state index is 11.7. The first kappa shape index (κ1) is 12.2. The van der Waals surface area contributed by atoms with Crippen LogP contribution >= 0.6 is 0 Å². The van der Waals surface area contributed by atoms with Crippen molar-refractivity contribution in [2.24, 2.45) is 0 Å². The van der Waals surface area contributed by atoms with Crippen molar-refractivity contribution in [1.82, 2.24) is 9.36 Å². The smallest absolute Gasteiger partial charge is 0.337 e. The molecule has 0 radical (unpaired) electrons. The minimum Gasteiger partial charge on any atom is -0.478 e. The highest BCUT2D eigenvalue weighted by molar-refractivity contribution is 5.94. The van der Waals surface area contributed by atoms with Crippen LogP contribution in [-0.2, 0) is 13.3 Å². The van der Waals surface area contributed by atoms with Crippen molar-refractivity contribution in [1.29, 1.82) is 0 Å². The summed E-state index contributed by atoms with van der Waals surface area (Å²) in [4.78, 5) is 36.3. The number of fused-ring (bicyclic) bond motifs is 1. The van der Waals surface area contributed by atoms with Crippen molar-refractivity contribution in [3.8, 4) is 0 Å². The first-order chi connectivity index (χ1) is 9.58. The predicted octanol–water partition coefficient (Wildman–Crippen LogP) is 0.143. The van der Waals surface area contributed by atoms with Crippen molar-refractivity contribution >= 4 is 11.7 Å². The third kappa shape index (κ3) is 1.80. The Morgan fingerprint density at radius 2 is 1.50 bits per heavy atom. The van der Waals surface area contributed by atoms with E-state index in [0.717, 1.165) is 0 Å². The maximum Gasteiger partial charge on any atom is 0.337 e. The molecular formula is C13H11N3O4. The quantitative estimate of drug-likeness (QED) is 0.841. The van der Waals surface area contributed by atoms with Crippen LogP contribution in [0.1, 0.15) is 10.4 Å². The molecule has 0 amide bonds. The zero-order chi connectivity index (χ0) is 14.3. The molecule has 0 aliphatic carbocycles. The van der Waals surface area contributed by atoms with Crippen molar-refractivity contribution < 1.29 is 9.90 Å². The van der Waals surface area contributed by atoms with Crippen molar-refractivity contribution in [2.75, 3.05) is 4.90 Å². The minimum atomic E-state index is -1.05. The second kappa shape index (κ2) is 4.37. The maximum absolute atomic E-state index is 11.7. The van der Waals surface area contributed by atoms with E-state index in [1.807, 2.05) is 0 Å². The van der Waals surface area contributed by atoms with E-state index in [2.05, 4.69) is 0 Å². The molecule has 102 valence electrons. The Hall–Kier alpha value is -2.83. The summed E-state index contributed by atoms with van der Waals surface area (Å²) in [7, 11) is 0. The highest BCUT2D eigenvalue weighted by Gasteiger charge is 2.23. The van der Waals surface area contributed by atoms with Crippen LogP contribution in [0.15, 0.2) is 46.0 Å². The van der Waals surface area contributed by atoms with Crippen molar-refractivity contribution in [3.05, 3.63) is 62.7 Å². The largest absolute Gasteiger partial charge is 0.478 e. The topological polar surface area (TPSA) is 84.5 Å². The Morgan fingerprint density at radius 3 is 2.05 bits per heavy atom. The summed E-state index contributed by atoms with van der Waals surface area (Å²) in [5.41, 5.74) is 0.0382. The highest BCUT2D eigenvalue weighted by atomic mass is 16.4. The monoisotopic (exact) mass is 273 g/mol. The average molecular weight is 273 g/mol. The number of para-hydroxylation sites is 1. The van der Waals surface area contributed by atoms with Gasteiger partial charge in [0.15, 0.2) is 0 Å². The molecule has 1 aromatic carbocycles. The van der Waals surface area contributed by atoms with E-state index in [0.29, 0.717) is 5.69 Å². The lowest BCUT2D eigenvalue weighted by Gasteiger charge is -2.17. The normalized spacial score (nSPS) is 13.3. The molecule has 0 fully saturated rings. The summed E-state index contributed by atoms with van der Waals surface area (Å²) in [6.07, 6.45) is 0. The van der Waals surface area contributed by atoms with E-state index >= 15 is 0 Å². The average Bonchev–Trinajstić information content (AvgIpc) is 2.89. The van der Waals surface area contributed by atoms with Gasteiger partial charge in [0.25, 0.3) is 11.1 Å². The van der Waals surface area contributed by atoms with Gasteiger partial charge in [-0.2, -0.15) is 0 Å². The summed E-state index contributed by atoms with van der Waals surface area (Å²) in [6, 6.07) is 8.93. The van der Waals surface area contributed by atoms with Crippen LogP contribution in [0.2, 0.25) is 0 Å². The van der Waals surface area contributed by atoms with Gasteiger partial charge in [0.05, 0.1) is 11.3 Å². The van der Waals surface area contributed by atoms with Gasteiger partial charge in [-0.15, -0.1) is 0 Å². The summed E-state index contributed by atoms with van der Waals surface area (Å²) in [6.45, 7) is 0.304. The Balaban J connectivity index is 2.07. The second-order valence-corrected chi connectivity index (χ2v) is 4.45. The Morgan fingerprint density at radius 1 is 0.950 bits per heavy atom. The molecule has 1 aliphatic rings. The second-order valence-electron chi connectivity index (χ2n) is 4.45. The van der Waals surface area contributed by atoms with Crippen molar-refractivity contribution in [3.63, 3.8) is 0 Å². The van der Waals surface area contributed by atoms with E-state index < -0.39 is 5.97 Å². The number of benzene rings is 1. The lowest BCUT2D eigenvalue weighted by molar-refractivity contribution is 0.0697. The van der Waals surface area contributed by atoms with Crippen LogP contribution < -0.4 is 16.0 Å². The number of hydrogen-bond acceptors (Lipinski definition) is 4. The van der Waals surface area contributed by atoms with Crippen molar-refractivity contribution in [2.45, 2.75) is 13.3 Å². The number of rotatable bonds is 2. The number of carboxylic acid groups (broad SMARTS) is 1. The van der Waals surface area contributed by atoms with Gasteiger partial charge in [-0.3, -0.25) is 9.59 Å². The third-order valence-corrected chi connectivity index (χ3v) is 3.25. The summed E-state index contributed by atoms with van der Waals surface area (Å²) >= 11 is 0. The van der Waals surface area contributed by atoms with Gasteiger partial charge in [0.2, 0.25) is 0 Å². The Bertz CT molecular complexity index is 767. The zero-order valence-corrected chi connectivity index (χ0v) is 10.4. The van der Waals surface area contributed by atoms with Crippen LogP contribution in [0.3, 0.4) is 0 Å². The molecule has 2 heterocycles. The molecule has 0 atom stereocenters. The molecule has 0 bridgehead atoms. The molecule has 0 saturated heterocycles. The number of aromatic nitrogens is 2. The summed E-state index contributed by atoms with van der Waals surface area (Å²) in [5, 5.41) is 9.19. The molecule has 7 heteroatoms. The SMILES string of the molecule is O=C(O)c1ccccc1N1Cn2c(=O)ccc(=O)n2C1. The first-order valence-electron chi connectivity index (χ1n) is 5.96. The first-order valence-corrected chi connectivity index (χ1v) is 5.96. The molecule has 20 heavy (non-hydrogen) atoms. The number of carbonyl (C=O) groups is 1. The van der Waals surface area contributed by atoms with E-state index in [-0.39, 0.29) is 30.0 Å². The number of hydrogen-bond donors (Lipinski definition) is 1. The molecule has 1 aromatic heterocycles. The van der Waals surface area contributed by atoms with Gasteiger partial charge in [0, 0.05) is 12.1 Å². The number of aromatic carboxylic acids is 1. The van der Waals surface area contributed by atoms with Gasteiger partial charge in [0.1, 0.15) is 13.3 Å². The van der Waals surface area contributed by atoms with Gasteiger partial charge >= 0.3 is 5.97 Å². The van der Waals surface area contributed by atoms with Gasteiger partial charge in [-0.1, -0.05) is 12.1 Å². The fraction of sp³-hybridized carbons (Fsp3) is 0.154. The molecular weight excluding hydrogens is 262 g/mol.